The van der Waals surface area contributed by atoms with Gasteiger partial charge >= 0.3 is 0 Å². The molecule has 0 radical (unpaired) electrons. The van der Waals surface area contributed by atoms with Crippen molar-refractivity contribution in [3.63, 3.8) is 0 Å². The normalized spacial score (nSPS) is 15.2. The third-order valence-corrected chi connectivity index (χ3v) is 4.19. The maximum Gasteiger partial charge on any atom is 0.275 e. The van der Waals surface area contributed by atoms with Gasteiger partial charge in [0.2, 0.25) is 5.91 Å². The first-order valence-electron chi connectivity index (χ1n) is 7.91. The van der Waals surface area contributed by atoms with Gasteiger partial charge in [0, 0.05) is 38.0 Å². The first-order valence-corrected chi connectivity index (χ1v) is 7.91. The van der Waals surface area contributed by atoms with Gasteiger partial charge in [-0.05, 0) is 19.0 Å². The van der Waals surface area contributed by atoms with Crippen molar-refractivity contribution in [3.05, 3.63) is 30.0 Å². The van der Waals surface area contributed by atoms with Crippen LogP contribution in [0.3, 0.4) is 0 Å². The van der Waals surface area contributed by atoms with Crippen LogP contribution in [-0.2, 0) is 4.79 Å². The smallest absolute Gasteiger partial charge is 0.275 e. The van der Waals surface area contributed by atoms with E-state index in [0.29, 0.717) is 51.3 Å². The molecule has 1 fully saturated rings. The van der Waals surface area contributed by atoms with Crippen LogP contribution in [-0.4, -0.2) is 64.5 Å². The molecule has 3 N–H and O–H groups in total. The Morgan fingerprint density at radius 2 is 1.83 bits per heavy atom. The highest BCUT2D eigenvalue weighted by Gasteiger charge is 2.26. The average Bonchev–Trinajstić information content (AvgIpc) is 3.03. The predicted molar refractivity (Wildman–Crippen MR) is 86.9 cm³/mol. The largest absolute Gasteiger partial charge is 0.339 e. The number of rotatable bonds is 4. The van der Waals surface area contributed by atoms with Crippen LogP contribution in [0.15, 0.2) is 24.3 Å². The van der Waals surface area contributed by atoms with E-state index < -0.39 is 0 Å². The molecular weight excluding hydrogens is 294 g/mol. The lowest BCUT2D eigenvalue weighted by atomic mass is 10.2. The number of aromatic nitrogens is 2. The Morgan fingerprint density at radius 3 is 2.57 bits per heavy atom. The Kier molecular flexibility index (Phi) is 4.57. The molecule has 2 aromatic rings. The third kappa shape index (κ3) is 3.19. The highest BCUT2D eigenvalue weighted by Crippen LogP contribution is 2.17. The number of amides is 2. The summed E-state index contributed by atoms with van der Waals surface area (Å²) in [7, 11) is 0. The van der Waals surface area contributed by atoms with Gasteiger partial charge in [0.15, 0.2) is 5.69 Å². The molecule has 0 saturated carbocycles. The number of benzene rings is 1. The summed E-state index contributed by atoms with van der Waals surface area (Å²) in [6.07, 6.45) is 1.19. The zero-order valence-corrected chi connectivity index (χ0v) is 13.0. The van der Waals surface area contributed by atoms with E-state index in [1.54, 1.807) is 4.90 Å². The van der Waals surface area contributed by atoms with Gasteiger partial charge in [-0.3, -0.25) is 14.7 Å². The highest BCUT2D eigenvalue weighted by atomic mass is 16.2. The van der Waals surface area contributed by atoms with Crippen molar-refractivity contribution in [3.8, 4) is 0 Å². The molecule has 0 atom stereocenters. The van der Waals surface area contributed by atoms with E-state index in [4.69, 9.17) is 5.73 Å². The molecule has 1 aliphatic heterocycles. The minimum absolute atomic E-state index is 0.0866. The van der Waals surface area contributed by atoms with Gasteiger partial charge in [0.05, 0.1) is 5.52 Å². The van der Waals surface area contributed by atoms with Gasteiger partial charge < -0.3 is 15.5 Å². The van der Waals surface area contributed by atoms with Crippen molar-refractivity contribution in [1.29, 1.82) is 0 Å². The second-order valence-electron chi connectivity index (χ2n) is 5.68. The van der Waals surface area contributed by atoms with Crippen LogP contribution in [0.4, 0.5) is 0 Å². The standard InChI is InChI=1S/C16H21N5O2/c17-7-3-6-14(22)20-8-10-21(11-9-20)16(23)15-12-4-1-2-5-13(12)18-19-15/h1-2,4-5H,3,6-11,17H2,(H,18,19). The van der Waals surface area contributed by atoms with E-state index in [9.17, 15) is 9.59 Å². The summed E-state index contributed by atoms with van der Waals surface area (Å²) in [5, 5.41) is 7.87. The van der Waals surface area contributed by atoms with E-state index in [1.807, 2.05) is 29.2 Å². The molecule has 7 nitrogen and oxygen atoms in total. The first kappa shape index (κ1) is 15.5. The fourth-order valence-electron chi connectivity index (χ4n) is 2.85. The van der Waals surface area contributed by atoms with Crippen LogP contribution in [0.25, 0.3) is 10.9 Å². The highest BCUT2D eigenvalue weighted by molar-refractivity contribution is 6.04. The van der Waals surface area contributed by atoms with Crippen LogP contribution >= 0.6 is 0 Å². The number of nitrogens with one attached hydrogen (secondary N) is 1. The second-order valence-corrected chi connectivity index (χ2v) is 5.68. The maximum atomic E-state index is 12.6. The van der Waals surface area contributed by atoms with Gasteiger partial charge in [-0.15, -0.1) is 0 Å². The lowest BCUT2D eigenvalue weighted by Crippen LogP contribution is -2.50. The topological polar surface area (TPSA) is 95.3 Å². The Labute approximate surface area is 134 Å². The Hall–Kier alpha value is -2.41. The molecule has 1 aliphatic rings. The number of hydrogen-bond donors (Lipinski definition) is 2. The van der Waals surface area contributed by atoms with E-state index in [0.717, 1.165) is 10.9 Å². The van der Waals surface area contributed by atoms with E-state index in [1.165, 1.54) is 0 Å². The van der Waals surface area contributed by atoms with Crippen molar-refractivity contribution in [2.75, 3.05) is 32.7 Å². The Morgan fingerprint density at radius 1 is 1.13 bits per heavy atom. The van der Waals surface area contributed by atoms with Crippen LogP contribution in [0, 0.1) is 0 Å². The van der Waals surface area contributed by atoms with Crippen molar-refractivity contribution in [2.45, 2.75) is 12.8 Å². The number of hydrogen-bond acceptors (Lipinski definition) is 4. The molecule has 0 spiro atoms. The number of carbonyl (C=O) groups excluding carboxylic acids is 2. The average molecular weight is 315 g/mol. The summed E-state index contributed by atoms with van der Waals surface area (Å²) >= 11 is 0. The summed E-state index contributed by atoms with van der Waals surface area (Å²) in [6.45, 7) is 2.73. The molecule has 0 bridgehead atoms. The van der Waals surface area contributed by atoms with Crippen LogP contribution in [0.2, 0.25) is 0 Å². The number of carbonyl (C=O) groups is 2. The van der Waals surface area contributed by atoms with Crippen molar-refractivity contribution in [2.24, 2.45) is 5.73 Å². The SMILES string of the molecule is NCCCC(=O)N1CCN(C(=O)c2n[nH]c3ccccc23)CC1. The van der Waals surface area contributed by atoms with Crippen molar-refractivity contribution >= 4 is 22.7 Å². The number of para-hydroxylation sites is 1. The summed E-state index contributed by atoms with van der Waals surface area (Å²) in [5.74, 6) is 0.0317. The Bertz CT molecular complexity index is 703. The number of nitrogens with two attached hydrogens (primary N) is 1. The van der Waals surface area contributed by atoms with Gasteiger partial charge in [-0.1, -0.05) is 18.2 Å². The van der Waals surface area contributed by atoms with Gasteiger partial charge in [-0.25, -0.2) is 0 Å². The van der Waals surface area contributed by atoms with Gasteiger partial charge in [0.25, 0.3) is 5.91 Å². The van der Waals surface area contributed by atoms with E-state index >= 15 is 0 Å². The van der Waals surface area contributed by atoms with Crippen molar-refractivity contribution in [1.82, 2.24) is 20.0 Å². The second kappa shape index (κ2) is 6.78. The molecule has 7 heteroatoms. The molecule has 1 saturated heterocycles. The fourth-order valence-corrected chi connectivity index (χ4v) is 2.85. The minimum atomic E-state index is -0.0866. The number of piperazine rings is 1. The monoisotopic (exact) mass is 315 g/mol. The molecule has 2 heterocycles. The summed E-state index contributed by atoms with van der Waals surface area (Å²) in [4.78, 5) is 28.2. The lowest BCUT2D eigenvalue weighted by molar-refractivity contribution is -0.132. The molecule has 23 heavy (non-hydrogen) atoms. The molecule has 1 aromatic heterocycles. The number of aromatic amines is 1. The quantitative estimate of drug-likeness (QED) is 0.863. The first-order chi connectivity index (χ1) is 11.2. The van der Waals surface area contributed by atoms with Crippen LogP contribution in [0.1, 0.15) is 23.3 Å². The summed E-state index contributed by atoms with van der Waals surface area (Å²) in [6, 6.07) is 7.58. The molecule has 2 amide bonds. The van der Waals surface area contributed by atoms with Crippen molar-refractivity contribution < 1.29 is 9.59 Å². The lowest BCUT2D eigenvalue weighted by Gasteiger charge is -2.34. The third-order valence-electron chi connectivity index (χ3n) is 4.19. The van der Waals surface area contributed by atoms with Gasteiger partial charge in [0.1, 0.15) is 0 Å². The molecule has 1 aromatic carbocycles. The molecule has 3 rings (SSSR count). The molecular formula is C16H21N5O2. The molecule has 122 valence electrons. The maximum absolute atomic E-state index is 12.6. The van der Waals surface area contributed by atoms with Gasteiger partial charge in [-0.2, -0.15) is 5.10 Å². The summed E-state index contributed by atoms with van der Waals surface area (Å²) in [5.41, 5.74) is 6.74. The number of fused-ring (bicyclic) bond motifs is 1. The number of H-pyrrole nitrogens is 1. The zero-order valence-electron chi connectivity index (χ0n) is 13.0. The minimum Gasteiger partial charge on any atom is -0.339 e. The summed E-state index contributed by atoms with van der Waals surface area (Å²) < 4.78 is 0. The molecule has 0 aliphatic carbocycles. The van der Waals surface area contributed by atoms with E-state index in [2.05, 4.69) is 10.2 Å². The predicted octanol–water partition coefficient (Wildman–Crippen LogP) is 0.586. The zero-order chi connectivity index (χ0) is 16.2. The number of nitrogens with zero attached hydrogens (tertiary/aromatic N) is 3. The van der Waals surface area contributed by atoms with Crippen LogP contribution < -0.4 is 5.73 Å². The Balaban J connectivity index is 1.63. The fraction of sp³-hybridized carbons (Fsp3) is 0.438. The van der Waals surface area contributed by atoms with Crippen LogP contribution in [0.5, 0.6) is 0 Å². The van der Waals surface area contributed by atoms with E-state index in [-0.39, 0.29) is 11.8 Å². The molecule has 0 unspecified atom stereocenters.